The molecule has 0 bridgehead atoms. The highest BCUT2D eigenvalue weighted by molar-refractivity contribution is 6.12. The molecule has 1 aromatic heterocycles. The van der Waals surface area contributed by atoms with Gasteiger partial charge in [-0.05, 0) is 76.0 Å². The number of allylic oxidation sites excluding steroid dienone is 2. The standard InChI is InChI=1S/C51H35N3O/c1-3-15-36(16-4-1)51-52-50-45-23-10-9-22-43(45)48(33-49(50)55-51)53(38-28-26-35(27-29-38)41-24-13-17-34-14-7-8-20-40(34)41)39-30-31-44-42-21-11-12-25-46(42)54(47(44)32-39)37-18-5-2-6-19-37/h1-33,42,46H. The Labute approximate surface area is 319 Å². The molecule has 1 aliphatic heterocycles. The van der Waals surface area contributed by atoms with Crippen LogP contribution in [-0.2, 0) is 0 Å². The maximum absolute atomic E-state index is 6.59. The second kappa shape index (κ2) is 12.8. The zero-order valence-electron chi connectivity index (χ0n) is 30.0. The van der Waals surface area contributed by atoms with E-state index in [9.17, 15) is 0 Å². The van der Waals surface area contributed by atoms with Gasteiger partial charge in [-0.3, -0.25) is 0 Å². The Morgan fingerprint density at radius 3 is 2.07 bits per heavy atom. The van der Waals surface area contributed by atoms with Crippen LogP contribution in [0.25, 0.3) is 55.2 Å². The SMILES string of the molecule is C1=CC2c3ccc(N(c4ccc(-c5cccc6ccccc56)cc4)c4cc5oc(-c6ccccc6)nc5c5ccccc45)cc3N(c3ccccc3)C2C=C1. The molecular weight excluding hydrogens is 671 g/mol. The van der Waals surface area contributed by atoms with E-state index < -0.39 is 0 Å². The fourth-order valence-electron chi connectivity index (χ4n) is 8.67. The zero-order chi connectivity index (χ0) is 36.3. The quantitative estimate of drug-likeness (QED) is 0.172. The van der Waals surface area contributed by atoms with Gasteiger partial charge in [-0.25, -0.2) is 4.98 Å². The summed E-state index contributed by atoms with van der Waals surface area (Å²) in [5, 5.41) is 4.63. The molecule has 11 rings (SSSR count). The molecule has 0 radical (unpaired) electrons. The van der Waals surface area contributed by atoms with Crippen LogP contribution in [0.2, 0.25) is 0 Å². The van der Waals surface area contributed by atoms with Crippen molar-refractivity contribution in [3.63, 3.8) is 0 Å². The van der Waals surface area contributed by atoms with Gasteiger partial charge < -0.3 is 14.2 Å². The topological polar surface area (TPSA) is 32.5 Å². The highest BCUT2D eigenvalue weighted by Crippen LogP contribution is 2.51. The summed E-state index contributed by atoms with van der Waals surface area (Å²) in [6.07, 6.45) is 9.03. The molecule has 4 nitrogen and oxygen atoms in total. The van der Waals surface area contributed by atoms with Crippen LogP contribution in [0.4, 0.5) is 28.4 Å². The number of rotatable bonds is 6. The normalized spacial score (nSPS) is 15.8. The van der Waals surface area contributed by atoms with Gasteiger partial charge >= 0.3 is 0 Å². The molecule has 0 amide bonds. The van der Waals surface area contributed by atoms with E-state index in [0.717, 1.165) is 44.5 Å². The number of para-hydroxylation sites is 1. The van der Waals surface area contributed by atoms with E-state index in [1.54, 1.807) is 0 Å². The maximum atomic E-state index is 6.59. The minimum Gasteiger partial charge on any atom is -0.436 e. The van der Waals surface area contributed by atoms with Crippen molar-refractivity contribution in [2.45, 2.75) is 12.0 Å². The summed E-state index contributed by atoms with van der Waals surface area (Å²) >= 11 is 0. The van der Waals surface area contributed by atoms with Crippen molar-refractivity contribution in [2.24, 2.45) is 0 Å². The van der Waals surface area contributed by atoms with Crippen LogP contribution in [0.5, 0.6) is 0 Å². The number of nitrogens with zero attached hydrogens (tertiary/aromatic N) is 3. The van der Waals surface area contributed by atoms with Gasteiger partial charge in [0.25, 0.3) is 0 Å². The first-order chi connectivity index (χ1) is 27.3. The van der Waals surface area contributed by atoms with Crippen LogP contribution in [0.15, 0.2) is 205 Å². The zero-order valence-corrected chi connectivity index (χ0v) is 30.0. The van der Waals surface area contributed by atoms with Gasteiger partial charge in [0.15, 0.2) is 5.58 Å². The van der Waals surface area contributed by atoms with Crippen molar-refractivity contribution in [1.82, 2.24) is 4.98 Å². The second-order valence-electron chi connectivity index (χ2n) is 14.3. The number of fused-ring (bicyclic) bond motifs is 7. The molecule has 9 aromatic rings. The van der Waals surface area contributed by atoms with Crippen molar-refractivity contribution in [3.8, 4) is 22.6 Å². The van der Waals surface area contributed by atoms with Crippen LogP contribution in [-0.4, -0.2) is 11.0 Å². The van der Waals surface area contributed by atoms with E-state index in [1.165, 1.54) is 38.8 Å². The smallest absolute Gasteiger partial charge is 0.227 e. The first-order valence-corrected chi connectivity index (χ1v) is 18.9. The van der Waals surface area contributed by atoms with Crippen molar-refractivity contribution < 1.29 is 4.42 Å². The second-order valence-corrected chi connectivity index (χ2v) is 14.3. The maximum Gasteiger partial charge on any atom is 0.227 e. The van der Waals surface area contributed by atoms with Crippen LogP contribution >= 0.6 is 0 Å². The molecular formula is C51H35N3O. The summed E-state index contributed by atoms with van der Waals surface area (Å²) in [5.41, 5.74) is 11.8. The first kappa shape index (κ1) is 31.4. The van der Waals surface area contributed by atoms with Gasteiger partial charge in [0, 0.05) is 51.1 Å². The number of aromatic nitrogens is 1. The molecule has 2 aliphatic rings. The van der Waals surface area contributed by atoms with Gasteiger partial charge in [0.05, 0.1) is 11.7 Å². The van der Waals surface area contributed by atoms with E-state index >= 15 is 0 Å². The summed E-state index contributed by atoms with van der Waals surface area (Å²) in [6, 6.07) is 62.9. The Kier molecular flexibility index (Phi) is 7.27. The third-order valence-corrected chi connectivity index (χ3v) is 11.2. The highest BCUT2D eigenvalue weighted by atomic mass is 16.3. The molecule has 1 aliphatic carbocycles. The summed E-state index contributed by atoms with van der Waals surface area (Å²) in [5.74, 6) is 0.883. The van der Waals surface area contributed by atoms with Crippen LogP contribution < -0.4 is 9.80 Å². The molecule has 0 N–H and O–H groups in total. The number of oxazole rings is 1. The van der Waals surface area contributed by atoms with Gasteiger partial charge in [0.2, 0.25) is 5.89 Å². The molecule has 0 spiro atoms. The van der Waals surface area contributed by atoms with Gasteiger partial charge in [-0.15, -0.1) is 0 Å². The molecule has 55 heavy (non-hydrogen) atoms. The average Bonchev–Trinajstić information content (AvgIpc) is 3.84. The molecule has 0 saturated heterocycles. The van der Waals surface area contributed by atoms with Crippen molar-refractivity contribution in [3.05, 3.63) is 206 Å². The van der Waals surface area contributed by atoms with Crippen LogP contribution in [0, 0.1) is 0 Å². The van der Waals surface area contributed by atoms with Crippen LogP contribution in [0.3, 0.4) is 0 Å². The lowest BCUT2D eigenvalue weighted by atomic mass is 9.91. The predicted octanol–water partition coefficient (Wildman–Crippen LogP) is 13.7. The predicted molar refractivity (Wildman–Crippen MR) is 228 cm³/mol. The summed E-state index contributed by atoms with van der Waals surface area (Å²) in [6.45, 7) is 0. The minimum atomic E-state index is 0.203. The molecule has 2 unspecified atom stereocenters. The lowest BCUT2D eigenvalue weighted by Crippen LogP contribution is -2.28. The lowest BCUT2D eigenvalue weighted by Gasteiger charge is -2.30. The Balaban J connectivity index is 1.13. The first-order valence-electron chi connectivity index (χ1n) is 18.9. The molecule has 0 saturated carbocycles. The summed E-state index contributed by atoms with van der Waals surface area (Å²) in [7, 11) is 0. The van der Waals surface area contributed by atoms with Gasteiger partial charge in [-0.2, -0.15) is 0 Å². The molecule has 2 atom stereocenters. The molecule has 260 valence electrons. The number of benzene rings is 8. The lowest BCUT2D eigenvalue weighted by molar-refractivity contribution is 0.620. The molecule has 4 heteroatoms. The van der Waals surface area contributed by atoms with Gasteiger partial charge in [-0.1, -0.05) is 146 Å². The highest BCUT2D eigenvalue weighted by Gasteiger charge is 2.38. The average molecular weight is 706 g/mol. The molecule has 8 aromatic carbocycles. The van der Waals surface area contributed by atoms with E-state index in [4.69, 9.17) is 9.40 Å². The third-order valence-electron chi connectivity index (χ3n) is 11.2. The third kappa shape index (κ3) is 5.18. The monoisotopic (exact) mass is 705 g/mol. The van der Waals surface area contributed by atoms with E-state index in [1.807, 2.05) is 30.3 Å². The Morgan fingerprint density at radius 1 is 0.545 bits per heavy atom. The van der Waals surface area contributed by atoms with E-state index in [0.29, 0.717) is 5.89 Å². The van der Waals surface area contributed by atoms with E-state index in [-0.39, 0.29) is 12.0 Å². The fraction of sp³-hybridized carbons (Fsp3) is 0.0392. The van der Waals surface area contributed by atoms with Crippen molar-refractivity contribution in [1.29, 1.82) is 0 Å². The number of anilines is 5. The van der Waals surface area contributed by atoms with E-state index in [2.05, 4.69) is 180 Å². The van der Waals surface area contributed by atoms with Gasteiger partial charge in [0.1, 0.15) is 5.52 Å². The molecule has 2 heterocycles. The molecule has 0 fully saturated rings. The largest absolute Gasteiger partial charge is 0.436 e. The number of hydrogen-bond donors (Lipinski definition) is 0. The number of hydrogen-bond acceptors (Lipinski definition) is 4. The van der Waals surface area contributed by atoms with Crippen molar-refractivity contribution >= 4 is 61.1 Å². The minimum absolute atomic E-state index is 0.203. The fourth-order valence-corrected chi connectivity index (χ4v) is 8.67. The Morgan fingerprint density at radius 2 is 1.24 bits per heavy atom. The Bertz CT molecular complexity index is 2940. The summed E-state index contributed by atoms with van der Waals surface area (Å²) < 4.78 is 6.59. The van der Waals surface area contributed by atoms with Crippen molar-refractivity contribution in [2.75, 3.05) is 9.80 Å². The summed E-state index contributed by atoms with van der Waals surface area (Å²) in [4.78, 5) is 9.94. The van der Waals surface area contributed by atoms with Crippen LogP contribution in [0.1, 0.15) is 11.5 Å². The Hall–Kier alpha value is -7.17.